The van der Waals surface area contributed by atoms with Crippen LogP contribution in [-0.4, -0.2) is 8.42 Å². The van der Waals surface area contributed by atoms with Crippen LogP contribution in [-0.2, 0) is 10.0 Å². The van der Waals surface area contributed by atoms with E-state index >= 15 is 0 Å². The molecule has 0 fully saturated rings. The largest absolute Gasteiger partial charge is 0.280 e. The van der Waals surface area contributed by atoms with Crippen LogP contribution < -0.4 is 4.72 Å². The van der Waals surface area contributed by atoms with E-state index in [1.165, 1.54) is 12.1 Å². The van der Waals surface area contributed by atoms with E-state index < -0.39 is 10.0 Å². The molecule has 0 bridgehead atoms. The number of rotatable bonds is 3. The van der Waals surface area contributed by atoms with Crippen molar-refractivity contribution in [3.05, 3.63) is 58.1 Å². The van der Waals surface area contributed by atoms with Crippen LogP contribution in [0.3, 0.4) is 0 Å². The molecule has 0 amide bonds. The molecule has 3 nitrogen and oxygen atoms in total. The van der Waals surface area contributed by atoms with Crippen molar-refractivity contribution in [3.8, 4) is 0 Å². The van der Waals surface area contributed by atoms with Gasteiger partial charge in [-0.05, 0) is 42.8 Å². The number of hydrogen-bond donors (Lipinski definition) is 1. The lowest BCUT2D eigenvalue weighted by molar-refractivity contribution is 0.601. The van der Waals surface area contributed by atoms with Gasteiger partial charge in [-0.3, -0.25) is 4.72 Å². The molecule has 0 heterocycles. The fraction of sp³-hybridized carbons (Fsp3) is 0.0769. The zero-order valence-corrected chi connectivity index (χ0v) is 12.4. The molecule has 100 valence electrons. The van der Waals surface area contributed by atoms with Crippen LogP contribution in [0.25, 0.3) is 0 Å². The topological polar surface area (TPSA) is 46.2 Å². The molecule has 6 heteroatoms. The molecule has 0 aliphatic carbocycles. The minimum atomic E-state index is -3.72. The minimum Gasteiger partial charge on any atom is -0.280 e. The van der Waals surface area contributed by atoms with Gasteiger partial charge in [-0.25, -0.2) is 8.42 Å². The van der Waals surface area contributed by atoms with Gasteiger partial charge in [0, 0.05) is 5.02 Å². The van der Waals surface area contributed by atoms with E-state index in [9.17, 15) is 8.42 Å². The SMILES string of the molecule is Cc1ccc(S(=O)(=O)Nc2cccc(Cl)c2)c(Cl)c1. The van der Waals surface area contributed by atoms with Crippen molar-refractivity contribution in [1.29, 1.82) is 0 Å². The number of aryl methyl sites for hydroxylation is 1. The number of hydrogen-bond acceptors (Lipinski definition) is 2. The molecule has 0 aliphatic heterocycles. The Morgan fingerprint density at radius 2 is 1.79 bits per heavy atom. The standard InChI is InChI=1S/C13H11Cl2NO2S/c1-9-5-6-13(12(15)7-9)19(17,18)16-11-4-2-3-10(14)8-11/h2-8,16H,1H3. The summed E-state index contributed by atoms with van der Waals surface area (Å²) in [5, 5.41) is 0.643. The molecule has 19 heavy (non-hydrogen) atoms. The van der Waals surface area contributed by atoms with Crippen LogP contribution in [0.2, 0.25) is 10.0 Å². The minimum absolute atomic E-state index is 0.0414. The highest BCUT2D eigenvalue weighted by Gasteiger charge is 2.17. The third kappa shape index (κ3) is 3.41. The van der Waals surface area contributed by atoms with Gasteiger partial charge in [-0.15, -0.1) is 0 Å². The van der Waals surface area contributed by atoms with Gasteiger partial charge in [-0.2, -0.15) is 0 Å². The maximum Gasteiger partial charge on any atom is 0.263 e. The molecule has 0 spiro atoms. The lowest BCUT2D eigenvalue weighted by atomic mass is 10.2. The monoisotopic (exact) mass is 315 g/mol. The van der Waals surface area contributed by atoms with Crippen molar-refractivity contribution < 1.29 is 8.42 Å². The molecular weight excluding hydrogens is 305 g/mol. The Bertz CT molecular complexity index is 714. The zero-order valence-electron chi connectivity index (χ0n) is 10.0. The summed E-state index contributed by atoms with van der Waals surface area (Å²) in [5.74, 6) is 0. The molecule has 2 aromatic carbocycles. The predicted octanol–water partition coefficient (Wildman–Crippen LogP) is 4.10. The van der Waals surface area contributed by atoms with Crippen LogP contribution >= 0.6 is 23.2 Å². The van der Waals surface area contributed by atoms with Crippen molar-refractivity contribution in [2.75, 3.05) is 4.72 Å². The van der Waals surface area contributed by atoms with Crippen LogP contribution in [0.4, 0.5) is 5.69 Å². The normalized spacial score (nSPS) is 11.3. The molecule has 0 aromatic heterocycles. The second-order valence-electron chi connectivity index (χ2n) is 4.05. The molecule has 0 unspecified atom stereocenters. The molecule has 2 rings (SSSR count). The maximum absolute atomic E-state index is 12.2. The maximum atomic E-state index is 12.2. The molecule has 0 atom stereocenters. The second kappa shape index (κ2) is 5.41. The average Bonchev–Trinajstić information content (AvgIpc) is 2.27. The molecule has 0 saturated heterocycles. The van der Waals surface area contributed by atoms with E-state index in [4.69, 9.17) is 23.2 Å². The van der Waals surface area contributed by atoms with Crippen LogP contribution in [0.5, 0.6) is 0 Å². The van der Waals surface area contributed by atoms with E-state index in [0.29, 0.717) is 10.7 Å². The van der Waals surface area contributed by atoms with Crippen LogP contribution in [0.15, 0.2) is 47.4 Å². The molecule has 0 saturated carbocycles. The average molecular weight is 316 g/mol. The van der Waals surface area contributed by atoms with Gasteiger partial charge in [0.25, 0.3) is 10.0 Å². The van der Waals surface area contributed by atoms with Crippen molar-refractivity contribution in [3.63, 3.8) is 0 Å². The van der Waals surface area contributed by atoms with Gasteiger partial charge in [0.1, 0.15) is 4.90 Å². The summed E-state index contributed by atoms with van der Waals surface area (Å²) < 4.78 is 26.9. The van der Waals surface area contributed by atoms with Gasteiger partial charge in [0.15, 0.2) is 0 Å². The molecular formula is C13H11Cl2NO2S. The fourth-order valence-electron chi connectivity index (χ4n) is 1.59. The van der Waals surface area contributed by atoms with Gasteiger partial charge >= 0.3 is 0 Å². The van der Waals surface area contributed by atoms with Crippen molar-refractivity contribution in [2.24, 2.45) is 0 Å². The first-order valence-corrected chi connectivity index (χ1v) is 7.67. The number of halogens is 2. The number of anilines is 1. The smallest absolute Gasteiger partial charge is 0.263 e. The van der Waals surface area contributed by atoms with Gasteiger partial charge in [0.2, 0.25) is 0 Å². The Balaban J connectivity index is 2.38. The summed E-state index contributed by atoms with van der Waals surface area (Å²) in [6.07, 6.45) is 0. The third-order valence-electron chi connectivity index (χ3n) is 2.45. The molecule has 0 radical (unpaired) electrons. The number of sulfonamides is 1. The second-order valence-corrected chi connectivity index (χ2v) is 6.54. The lowest BCUT2D eigenvalue weighted by Crippen LogP contribution is -2.13. The van der Waals surface area contributed by atoms with Gasteiger partial charge < -0.3 is 0 Å². The Morgan fingerprint density at radius 1 is 1.05 bits per heavy atom. The third-order valence-corrected chi connectivity index (χ3v) is 4.55. The van der Waals surface area contributed by atoms with E-state index in [2.05, 4.69) is 4.72 Å². The highest BCUT2D eigenvalue weighted by atomic mass is 35.5. The number of benzene rings is 2. The van der Waals surface area contributed by atoms with Gasteiger partial charge in [-0.1, -0.05) is 35.3 Å². The zero-order chi connectivity index (χ0) is 14.0. The van der Waals surface area contributed by atoms with Crippen LogP contribution in [0.1, 0.15) is 5.56 Å². The summed E-state index contributed by atoms with van der Waals surface area (Å²) in [5.41, 5.74) is 1.29. The molecule has 2 aromatic rings. The molecule has 1 N–H and O–H groups in total. The first-order valence-electron chi connectivity index (χ1n) is 5.43. The summed E-state index contributed by atoms with van der Waals surface area (Å²) in [6, 6.07) is 11.2. The quantitative estimate of drug-likeness (QED) is 0.926. The summed E-state index contributed by atoms with van der Waals surface area (Å²) in [7, 11) is -3.72. The first-order chi connectivity index (χ1) is 8.88. The van der Waals surface area contributed by atoms with Crippen molar-refractivity contribution in [1.82, 2.24) is 0 Å². The summed E-state index contributed by atoms with van der Waals surface area (Å²) in [6.45, 7) is 1.84. The van der Waals surface area contributed by atoms with Crippen molar-refractivity contribution >= 4 is 38.9 Å². The van der Waals surface area contributed by atoms with E-state index in [1.54, 1.807) is 30.3 Å². The van der Waals surface area contributed by atoms with Gasteiger partial charge in [0.05, 0.1) is 10.7 Å². The Kier molecular flexibility index (Phi) is 4.04. The van der Waals surface area contributed by atoms with Crippen LogP contribution in [0, 0.1) is 6.92 Å². The Morgan fingerprint density at radius 3 is 2.42 bits per heavy atom. The highest BCUT2D eigenvalue weighted by Crippen LogP contribution is 2.25. The Hall–Kier alpha value is -1.23. The van der Waals surface area contributed by atoms with Crippen molar-refractivity contribution in [2.45, 2.75) is 11.8 Å². The number of nitrogens with one attached hydrogen (secondary N) is 1. The van der Waals surface area contributed by atoms with E-state index in [-0.39, 0.29) is 9.92 Å². The van der Waals surface area contributed by atoms with E-state index in [0.717, 1.165) is 5.56 Å². The molecule has 0 aliphatic rings. The fourth-order valence-corrected chi connectivity index (χ4v) is 3.43. The Labute approximate surface area is 122 Å². The van der Waals surface area contributed by atoms with E-state index in [1.807, 2.05) is 6.92 Å². The highest BCUT2D eigenvalue weighted by molar-refractivity contribution is 7.92. The summed E-state index contributed by atoms with van der Waals surface area (Å²) in [4.78, 5) is 0.0414. The lowest BCUT2D eigenvalue weighted by Gasteiger charge is -2.10. The predicted molar refractivity (Wildman–Crippen MR) is 78.4 cm³/mol. The first kappa shape index (κ1) is 14.2. The summed E-state index contributed by atoms with van der Waals surface area (Å²) >= 11 is 11.8.